The Bertz CT molecular complexity index is 1180. The molecule has 0 radical (unpaired) electrons. The maximum Gasteiger partial charge on any atom is 0.305 e. The minimum Gasteiger partial charge on any atom is -0.481 e. The number of nitrogens with zero attached hydrogens (tertiary/aromatic N) is 3. The Morgan fingerprint density at radius 2 is 1.58 bits per heavy atom. The van der Waals surface area contributed by atoms with E-state index in [1.54, 1.807) is 0 Å². The Labute approximate surface area is 189 Å². The third kappa shape index (κ3) is 5.27. The number of anilines is 1. The van der Waals surface area contributed by atoms with Crippen molar-refractivity contribution >= 4 is 38.6 Å². The molecule has 4 aromatic rings. The van der Waals surface area contributed by atoms with Crippen LogP contribution in [-0.4, -0.2) is 34.1 Å². The highest BCUT2D eigenvalue weighted by Crippen LogP contribution is 2.28. The van der Waals surface area contributed by atoms with Crippen molar-refractivity contribution in [3.8, 4) is 11.4 Å². The summed E-state index contributed by atoms with van der Waals surface area (Å²) in [6.07, 6.45) is 0.840. The number of aromatic nitrogens is 2. The molecular weight excluding hydrogens is 454 g/mol. The van der Waals surface area contributed by atoms with Gasteiger partial charge in [0.15, 0.2) is 5.82 Å². The van der Waals surface area contributed by atoms with E-state index >= 15 is 0 Å². The van der Waals surface area contributed by atoms with Crippen molar-refractivity contribution in [3.63, 3.8) is 0 Å². The third-order valence-electron chi connectivity index (χ3n) is 5.09. The van der Waals surface area contributed by atoms with E-state index in [-0.39, 0.29) is 6.42 Å². The summed E-state index contributed by atoms with van der Waals surface area (Å²) in [6.45, 7) is 1.04. The molecular formula is C25H22BrN3O2. The van der Waals surface area contributed by atoms with Gasteiger partial charge in [-0.2, -0.15) is 0 Å². The minimum atomic E-state index is -0.823. The van der Waals surface area contributed by atoms with E-state index in [1.165, 1.54) is 5.56 Å². The third-order valence-corrected chi connectivity index (χ3v) is 5.62. The fraction of sp³-hybridized carbons (Fsp3) is 0.160. The molecule has 0 amide bonds. The first-order valence-corrected chi connectivity index (χ1v) is 10.9. The van der Waals surface area contributed by atoms with Gasteiger partial charge in [0.05, 0.1) is 11.9 Å². The Morgan fingerprint density at radius 1 is 0.871 bits per heavy atom. The number of benzene rings is 3. The van der Waals surface area contributed by atoms with Crippen LogP contribution in [0.4, 0.5) is 5.82 Å². The largest absolute Gasteiger partial charge is 0.481 e. The fourth-order valence-electron chi connectivity index (χ4n) is 3.49. The Morgan fingerprint density at radius 3 is 2.32 bits per heavy atom. The molecule has 0 fully saturated rings. The van der Waals surface area contributed by atoms with Gasteiger partial charge in [-0.1, -0.05) is 70.5 Å². The molecule has 0 saturated carbocycles. The first-order chi connectivity index (χ1) is 15.1. The maximum absolute atomic E-state index is 11.3. The summed E-state index contributed by atoms with van der Waals surface area (Å²) < 4.78 is 0.989. The quantitative estimate of drug-likeness (QED) is 0.360. The highest BCUT2D eigenvalue weighted by Gasteiger charge is 2.17. The van der Waals surface area contributed by atoms with Crippen LogP contribution >= 0.6 is 15.9 Å². The van der Waals surface area contributed by atoms with Gasteiger partial charge in [-0.3, -0.25) is 4.79 Å². The molecule has 5 nitrogen and oxygen atoms in total. The van der Waals surface area contributed by atoms with Crippen molar-refractivity contribution in [2.75, 3.05) is 18.0 Å². The number of rotatable bonds is 8. The van der Waals surface area contributed by atoms with Gasteiger partial charge in [-0.25, -0.2) is 9.97 Å². The highest BCUT2D eigenvalue weighted by molar-refractivity contribution is 9.10. The van der Waals surface area contributed by atoms with E-state index in [9.17, 15) is 9.90 Å². The van der Waals surface area contributed by atoms with Crippen LogP contribution in [0.15, 0.2) is 83.3 Å². The van der Waals surface area contributed by atoms with E-state index in [0.717, 1.165) is 33.2 Å². The van der Waals surface area contributed by atoms with Crippen LogP contribution in [0, 0.1) is 0 Å². The first kappa shape index (κ1) is 21.0. The van der Waals surface area contributed by atoms with Gasteiger partial charge in [-0.15, -0.1) is 0 Å². The van der Waals surface area contributed by atoms with Crippen molar-refractivity contribution in [3.05, 3.63) is 88.9 Å². The number of carbonyl (C=O) groups is 1. The summed E-state index contributed by atoms with van der Waals surface area (Å²) in [4.78, 5) is 23.1. The van der Waals surface area contributed by atoms with Gasteiger partial charge in [-0.05, 0) is 36.2 Å². The summed E-state index contributed by atoms with van der Waals surface area (Å²) in [7, 11) is 0. The number of fused-ring (bicyclic) bond motifs is 1. The average Bonchev–Trinajstić information content (AvgIpc) is 2.79. The van der Waals surface area contributed by atoms with Gasteiger partial charge in [0.1, 0.15) is 5.82 Å². The lowest BCUT2D eigenvalue weighted by molar-refractivity contribution is -0.136. The van der Waals surface area contributed by atoms with Gasteiger partial charge in [0, 0.05) is 28.5 Å². The molecule has 6 heteroatoms. The second-order valence-electron chi connectivity index (χ2n) is 7.26. The normalized spacial score (nSPS) is 10.9. The van der Waals surface area contributed by atoms with Crippen LogP contribution in [0.1, 0.15) is 12.0 Å². The molecule has 0 aliphatic heterocycles. The van der Waals surface area contributed by atoms with Gasteiger partial charge < -0.3 is 10.0 Å². The lowest BCUT2D eigenvalue weighted by Crippen LogP contribution is -2.29. The molecule has 0 atom stereocenters. The van der Waals surface area contributed by atoms with E-state index in [2.05, 4.69) is 33.0 Å². The standard InChI is InChI=1S/C25H22BrN3O2/c26-20-12-10-19(11-13-20)24-27-22-9-5-4-8-21(22)25(28-24)29(17-15-23(30)31)16-14-18-6-2-1-3-7-18/h1-13H,14-17H2,(H,30,31). The summed E-state index contributed by atoms with van der Waals surface area (Å²) in [5.74, 6) is 0.568. The zero-order chi connectivity index (χ0) is 21.6. The molecule has 0 saturated heterocycles. The Balaban J connectivity index is 1.75. The smallest absolute Gasteiger partial charge is 0.305 e. The second kappa shape index (κ2) is 9.71. The van der Waals surface area contributed by atoms with E-state index in [0.29, 0.717) is 18.9 Å². The summed E-state index contributed by atoms with van der Waals surface area (Å²) >= 11 is 3.47. The average molecular weight is 476 g/mol. The van der Waals surface area contributed by atoms with Crippen molar-refractivity contribution < 1.29 is 9.90 Å². The number of carboxylic acid groups (broad SMARTS) is 1. The molecule has 1 aromatic heterocycles. The molecule has 0 unspecified atom stereocenters. The number of halogens is 1. The molecule has 1 N–H and O–H groups in total. The summed E-state index contributed by atoms with van der Waals surface area (Å²) in [5.41, 5.74) is 2.95. The first-order valence-electron chi connectivity index (χ1n) is 10.1. The lowest BCUT2D eigenvalue weighted by Gasteiger charge is -2.25. The van der Waals surface area contributed by atoms with Crippen LogP contribution in [0.2, 0.25) is 0 Å². The second-order valence-corrected chi connectivity index (χ2v) is 8.18. The van der Waals surface area contributed by atoms with Gasteiger partial charge >= 0.3 is 5.97 Å². The van der Waals surface area contributed by atoms with Crippen molar-refractivity contribution in [2.24, 2.45) is 0 Å². The number of para-hydroxylation sites is 1. The van der Waals surface area contributed by atoms with Gasteiger partial charge in [0.25, 0.3) is 0 Å². The lowest BCUT2D eigenvalue weighted by atomic mass is 10.1. The SMILES string of the molecule is O=C(O)CCN(CCc1ccccc1)c1nc(-c2ccc(Br)cc2)nc2ccccc12. The molecule has 31 heavy (non-hydrogen) atoms. The van der Waals surface area contributed by atoms with Crippen LogP contribution in [0.5, 0.6) is 0 Å². The van der Waals surface area contributed by atoms with E-state index in [4.69, 9.17) is 9.97 Å². The monoisotopic (exact) mass is 475 g/mol. The van der Waals surface area contributed by atoms with Gasteiger partial charge in [0.2, 0.25) is 0 Å². The highest BCUT2D eigenvalue weighted by atomic mass is 79.9. The number of hydrogen-bond acceptors (Lipinski definition) is 4. The molecule has 0 aliphatic carbocycles. The Kier molecular flexibility index (Phi) is 6.57. The summed E-state index contributed by atoms with van der Waals surface area (Å²) in [6, 6.07) is 25.9. The molecule has 156 valence electrons. The van der Waals surface area contributed by atoms with E-state index in [1.807, 2.05) is 66.7 Å². The zero-order valence-corrected chi connectivity index (χ0v) is 18.5. The number of hydrogen-bond donors (Lipinski definition) is 1. The van der Waals surface area contributed by atoms with Crippen LogP contribution in [0.25, 0.3) is 22.3 Å². The molecule has 0 spiro atoms. The molecule has 3 aromatic carbocycles. The predicted molar refractivity (Wildman–Crippen MR) is 127 cm³/mol. The van der Waals surface area contributed by atoms with Crippen molar-refractivity contribution in [1.29, 1.82) is 0 Å². The summed E-state index contributed by atoms with van der Waals surface area (Å²) in [5, 5.41) is 10.2. The molecule has 0 aliphatic rings. The number of aliphatic carboxylic acids is 1. The van der Waals surface area contributed by atoms with Crippen LogP contribution in [-0.2, 0) is 11.2 Å². The van der Waals surface area contributed by atoms with E-state index < -0.39 is 5.97 Å². The predicted octanol–water partition coefficient (Wildman–Crippen LogP) is 5.58. The topological polar surface area (TPSA) is 66.3 Å². The Hall–Kier alpha value is -3.25. The van der Waals surface area contributed by atoms with Crippen LogP contribution < -0.4 is 4.90 Å². The zero-order valence-electron chi connectivity index (χ0n) is 16.9. The minimum absolute atomic E-state index is 0.0424. The van der Waals surface area contributed by atoms with Crippen LogP contribution in [0.3, 0.4) is 0 Å². The number of carboxylic acids is 1. The van der Waals surface area contributed by atoms with Crippen molar-refractivity contribution in [2.45, 2.75) is 12.8 Å². The molecule has 1 heterocycles. The molecule has 0 bridgehead atoms. The maximum atomic E-state index is 11.3. The fourth-order valence-corrected chi connectivity index (χ4v) is 3.76. The van der Waals surface area contributed by atoms with Crippen molar-refractivity contribution in [1.82, 2.24) is 9.97 Å². The molecule has 4 rings (SSSR count).